The van der Waals surface area contributed by atoms with Crippen molar-refractivity contribution in [3.63, 3.8) is 0 Å². The molecule has 2 amide bonds. The number of thiazole rings is 1. The Labute approximate surface area is 122 Å². The van der Waals surface area contributed by atoms with E-state index in [0.717, 1.165) is 30.7 Å². The van der Waals surface area contributed by atoms with E-state index in [1.165, 1.54) is 4.88 Å². The van der Waals surface area contributed by atoms with Gasteiger partial charge >= 0.3 is 6.03 Å². The van der Waals surface area contributed by atoms with Crippen molar-refractivity contribution in [1.82, 2.24) is 15.6 Å². The lowest BCUT2D eigenvalue weighted by Crippen LogP contribution is -2.41. The zero-order chi connectivity index (χ0) is 14.2. The van der Waals surface area contributed by atoms with E-state index in [2.05, 4.69) is 15.6 Å². The van der Waals surface area contributed by atoms with Crippen molar-refractivity contribution in [3.8, 4) is 0 Å². The van der Waals surface area contributed by atoms with Crippen molar-refractivity contribution in [1.29, 1.82) is 0 Å². The van der Waals surface area contributed by atoms with E-state index in [9.17, 15) is 9.90 Å². The molecule has 20 heavy (non-hydrogen) atoms. The van der Waals surface area contributed by atoms with Crippen LogP contribution in [0.5, 0.6) is 0 Å². The van der Waals surface area contributed by atoms with E-state index in [4.69, 9.17) is 0 Å². The van der Waals surface area contributed by atoms with E-state index >= 15 is 0 Å². The Kier molecular flexibility index (Phi) is 3.69. The molecule has 0 saturated heterocycles. The number of aryl methyl sites for hydroxylation is 1. The highest BCUT2D eigenvalue weighted by Crippen LogP contribution is 2.44. The summed E-state index contributed by atoms with van der Waals surface area (Å²) in [5, 5.41) is 16.2. The maximum absolute atomic E-state index is 12.0. The number of nitrogens with one attached hydrogen (secondary N) is 2. The Hall–Kier alpha value is -1.14. The topological polar surface area (TPSA) is 74.2 Å². The second-order valence-electron chi connectivity index (χ2n) is 6.11. The molecule has 1 heterocycles. The van der Waals surface area contributed by atoms with Gasteiger partial charge in [0.1, 0.15) is 5.01 Å². The molecule has 0 aromatic carbocycles. The van der Waals surface area contributed by atoms with Gasteiger partial charge in [0.2, 0.25) is 0 Å². The van der Waals surface area contributed by atoms with Crippen LogP contribution in [0.25, 0.3) is 0 Å². The molecule has 2 aliphatic rings. The van der Waals surface area contributed by atoms with Crippen LogP contribution in [-0.4, -0.2) is 29.3 Å². The summed E-state index contributed by atoms with van der Waals surface area (Å²) in [6.07, 6.45) is 6.18. The predicted molar refractivity (Wildman–Crippen MR) is 77.6 cm³/mol. The van der Waals surface area contributed by atoms with Gasteiger partial charge in [0, 0.05) is 23.0 Å². The van der Waals surface area contributed by atoms with Crippen molar-refractivity contribution >= 4 is 17.4 Å². The Balaban J connectivity index is 1.55. The molecular formula is C14H21N3O2S. The van der Waals surface area contributed by atoms with Crippen molar-refractivity contribution in [3.05, 3.63) is 16.1 Å². The highest BCUT2D eigenvalue weighted by atomic mass is 32.1. The van der Waals surface area contributed by atoms with Gasteiger partial charge in [0.25, 0.3) is 0 Å². The highest BCUT2D eigenvalue weighted by Gasteiger charge is 2.42. The molecule has 5 nitrogen and oxygen atoms in total. The lowest BCUT2D eigenvalue weighted by Gasteiger charge is -2.18. The summed E-state index contributed by atoms with van der Waals surface area (Å²) in [4.78, 5) is 17.6. The number of aromatic nitrogens is 1. The SMILES string of the molecule is Cc1cnc([C@H](NC(=O)NCC2(CO)CC2)C2CC2)s1. The Bertz CT molecular complexity index is 494. The largest absolute Gasteiger partial charge is 0.396 e. The minimum atomic E-state index is -0.144. The van der Waals surface area contributed by atoms with Crippen LogP contribution in [0.1, 0.15) is 41.6 Å². The fourth-order valence-electron chi connectivity index (χ4n) is 2.35. The van der Waals surface area contributed by atoms with Gasteiger partial charge in [-0.2, -0.15) is 0 Å². The molecule has 2 fully saturated rings. The second-order valence-corrected chi connectivity index (χ2v) is 7.38. The number of nitrogens with zero attached hydrogens (tertiary/aromatic N) is 1. The number of hydrogen-bond donors (Lipinski definition) is 3. The third-order valence-corrected chi connectivity index (χ3v) is 5.20. The first-order chi connectivity index (χ1) is 9.62. The molecule has 2 aliphatic carbocycles. The fraction of sp³-hybridized carbons (Fsp3) is 0.714. The summed E-state index contributed by atoms with van der Waals surface area (Å²) in [7, 11) is 0. The smallest absolute Gasteiger partial charge is 0.315 e. The molecule has 2 saturated carbocycles. The number of rotatable bonds is 6. The molecule has 0 aliphatic heterocycles. The Morgan fingerprint density at radius 3 is 2.85 bits per heavy atom. The maximum atomic E-state index is 12.0. The summed E-state index contributed by atoms with van der Waals surface area (Å²) in [5.74, 6) is 0.527. The average molecular weight is 295 g/mol. The first kappa shape index (κ1) is 13.8. The van der Waals surface area contributed by atoms with Crippen LogP contribution in [0.3, 0.4) is 0 Å². The number of carbonyl (C=O) groups excluding carboxylic acids is 1. The molecule has 3 rings (SSSR count). The number of carbonyl (C=O) groups is 1. The molecule has 1 aromatic rings. The summed E-state index contributed by atoms with van der Waals surface area (Å²) in [5.41, 5.74) is -0.0514. The molecule has 0 unspecified atom stereocenters. The molecule has 0 bridgehead atoms. The molecule has 1 atom stereocenters. The van der Waals surface area contributed by atoms with Crippen molar-refractivity contribution < 1.29 is 9.90 Å². The normalized spacial score (nSPS) is 21.3. The van der Waals surface area contributed by atoms with Crippen LogP contribution in [0.15, 0.2) is 6.20 Å². The highest BCUT2D eigenvalue weighted by molar-refractivity contribution is 7.11. The van der Waals surface area contributed by atoms with Crippen molar-refractivity contribution in [2.45, 2.75) is 38.6 Å². The van der Waals surface area contributed by atoms with E-state index in [1.807, 2.05) is 13.1 Å². The van der Waals surface area contributed by atoms with Crippen LogP contribution in [0, 0.1) is 18.3 Å². The molecular weight excluding hydrogens is 274 g/mol. The first-order valence-corrected chi connectivity index (χ1v) is 8.01. The van der Waals surface area contributed by atoms with Gasteiger partial charge in [-0.1, -0.05) is 0 Å². The number of aliphatic hydroxyl groups excluding tert-OH is 1. The van der Waals surface area contributed by atoms with E-state index in [1.54, 1.807) is 11.3 Å². The van der Waals surface area contributed by atoms with Gasteiger partial charge < -0.3 is 15.7 Å². The summed E-state index contributed by atoms with van der Waals surface area (Å²) >= 11 is 1.65. The maximum Gasteiger partial charge on any atom is 0.315 e. The van der Waals surface area contributed by atoms with Gasteiger partial charge in [-0.05, 0) is 38.5 Å². The third kappa shape index (κ3) is 3.12. The van der Waals surface area contributed by atoms with Crippen LogP contribution in [0.4, 0.5) is 4.79 Å². The molecule has 0 radical (unpaired) electrons. The lowest BCUT2D eigenvalue weighted by atomic mass is 10.1. The summed E-state index contributed by atoms with van der Waals surface area (Å²) in [6.45, 7) is 2.75. The van der Waals surface area contributed by atoms with Crippen LogP contribution >= 0.6 is 11.3 Å². The zero-order valence-corrected chi connectivity index (χ0v) is 12.5. The average Bonchev–Trinajstić information content (AvgIpc) is 3.34. The molecule has 3 N–H and O–H groups in total. The number of amides is 2. The van der Waals surface area contributed by atoms with Gasteiger partial charge in [-0.15, -0.1) is 11.3 Å². The molecule has 110 valence electrons. The minimum absolute atomic E-state index is 0.0398. The van der Waals surface area contributed by atoms with Crippen LogP contribution in [-0.2, 0) is 0 Å². The molecule has 6 heteroatoms. The molecule has 1 aromatic heterocycles. The quantitative estimate of drug-likeness (QED) is 0.751. The van der Waals surface area contributed by atoms with Gasteiger partial charge in [0.15, 0.2) is 0 Å². The number of aliphatic hydroxyl groups is 1. The van der Waals surface area contributed by atoms with Gasteiger partial charge in [-0.25, -0.2) is 9.78 Å². The van der Waals surface area contributed by atoms with Crippen molar-refractivity contribution in [2.75, 3.05) is 13.2 Å². The standard InChI is InChI=1S/C14H21N3O2S/c1-9-6-15-12(20-9)11(10-2-3-10)17-13(19)16-7-14(8-18)4-5-14/h6,10-11,18H,2-5,7-8H2,1H3,(H2,16,17,19)/t11-/m1/s1. The predicted octanol–water partition coefficient (Wildman–Crippen LogP) is 1.97. The van der Waals surface area contributed by atoms with Crippen LogP contribution < -0.4 is 10.6 Å². The fourth-order valence-corrected chi connectivity index (χ4v) is 3.27. The van der Waals surface area contributed by atoms with Crippen molar-refractivity contribution in [2.24, 2.45) is 11.3 Å². The third-order valence-electron chi connectivity index (χ3n) is 4.20. The monoisotopic (exact) mass is 295 g/mol. The molecule has 0 spiro atoms. The number of urea groups is 1. The van der Waals surface area contributed by atoms with E-state index < -0.39 is 0 Å². The van der Waals surface area contributed by atoms with Gasteiger partial charge in [-0.3, -0.25) is 0 Å². The Morgan fingerprint density at radius 2 is 2.35 bits per heavy atom. The Morgan fingerprint density at radius 1 is 1.60 bits per heavy atom. The van der Waals surface area contributed by atoms with E-state index in [0.29, 0.717) is 12.5 Å². The lowest BCUT2D eigenvalue weighted by molar-refractivity contribution is 0.201. The number of hydrogen-bond acceptors (Lipinski definition) is 4. The van der Waals surface area contributed by atoms with Gasteiger partial charge in [0.05, 0.1) is 12.6 Å². The first-order valence-electron chi connectivity index (χ1n) is 7.19. The zero-order valence-electron chi connectivity index (χ0n) is 11.7. The van der Waals surface area contributed by atoms with Crippen LogP contribution in [0.2, 0.25) is 0 Å². The second kappa shape index (κ2) is 5.33. The minimum Gasteiger partial charge on any atom is -0.396 e. The summed E-state index contributed by atoms with van der Waals surface area (Å²) in [6, 6.07) is -0.104. The van der Waals surface area contributed by atoms with E-state index in [-0.39, 0.29) is 24.1 Å². The summed E-state index contributed by atoms with van der Waals surface area (Å²) < 4.78 is 0.